The molecule has 0 bridgehead atoms. The minimum absolute atomic E-state index is 0.0358. The van der Waals surface area contributed by atoms with Crippen molar-refractivity contribution < 1.29 is 9.59 Å². The Morgan fingerprint density at radius 1 is 1.18 bits per heavy atom. The van der Waals surface area contributed by atoms with Crippen molar-refractivity contribution in [3.05, 3.63) is 59.4 Å². The molecule has 1 aliphatic heterocycles. The van der Waals surface area contributed by atoms with Crippen molar-refractivity contribution in [2.24, 2.45) is 0 Å². The maximum atomic E-state index is 12.2. The van der Waals surface area contributed by atoms with Crippen LogP contribution in [0.3, 0.4) is 0 Å². The number of rotatable bonds is 3. The van der Waals surface area contributed by atoms with E-state index in [1.807, 2.05) is 18.2 Å². The van der Waals surface area contributed by atoms with Gasteiger partial charge in [-0.15, -0.1) is 0 Å². The van der Waals surface area contributed by atoms with Gasteiger partial charge in [-0.25, -0.2) is 0 Å². The fraction of sp³-hybridized carbons (Fsp3) is 0.235. The molecule has 1 aromatic heterocycles. The lowest BCUT2D eigenvalue weighted by Crippen LogP contribution is -2.23. The highest BCUT2D eigenvalue weighted by Gasteiger charge is 2.15. The summed E-state index contributed by atoms with van der Waals surface area (Å²) in [5.74, 6) is -0.0798. The lowest BCUT2D eigenvalue weighted by atomic mass is 10.0. The maximum Gasteiger partial charge on any atom is 0.251 e. The Labute approximate surface area is 128 Å². The van der Waals surface area contributed by atoms with Crippen molar-refractivity contribution in [2.75, 3.05) is 5.32 Å². The molecule has 0 saturated carbocycles. The first-order chi connectivity index (χ1) is 10.7. The Hall–Kier alpha value is -2.69. The molecule has 2 amide bonds. The molecule has 5 heteroatoms. The zero-order valence-corrected chi connectivity index (χ0v) is 12.1. The van der Waals surface area contributed by atoms with Crippen LogP contribution < -0.4 is 10.6 Å². The van der Waals surface area contributed by atoms with Crippen LogP contribution in [0.25, 0.3) is 0 Å². The highest BCUT2D eigenvalue weighted by molar-refractivity contribution is 5.97. The first-order valence-corrected chi connectivity index (χ1v) is 7.32. The molecule has 1 aliphatic rings. The Morgan fingerprint density at radius 2 is 2.00 bits per heavy atom. The highest BCUT2D eigenvalue weighted by atomic mass is 16.2. The second kappa shape index (κ2) is 6.39. The monoisotopic (exact) mass is 295 g/mol. The molecule has 112 valence electrons. The third-order valence-electron chi connectivity index (χ3n) is 3.69. The van der Waals surface area contributed by atoms with Crippen LogP contribution in [0.5, 0.6) is 0 Å². The van der Waals surface area contributed by atoms with Gasteiger partial charge in [0.25, 0.3) is 5.91 Å². The zero-order valence-electron chi connectivity index (χ0n) is 12.1. The molecule has 0 fully saturated rings. The predicted molar refractivity (Wildman–Crippen MR) is 83.4 cm³/mol. The lowest BCUT2D eigenvalue weighted by molar-refractivity contribution is -0.116. The fourth-order valence-corrected chi connectivity index (χ4v) is 2.50. The molecular formula is C17H17N3O2. The summed E-state index contributed by atoms with van der Waals surface area (Å²) in [6.07, 6.45) is 5.54. The van der Waals surface area contributed by atoms with Crippen LogP contribution in [0.1, 0.15) is 34.3 Å². The average Bonchev–Trinajstić information content (AvgIpc) is 2.73. The second-order valence-electron chi connectivity index (χ2n) is 5.31. The molecular weight excluding hydrogens is 278 g/mol. The fourth-order valence-electron chi connectivity index (χ4n) is 2.50. The number of aromatic nitrogens is 1. The van der Waals surface area contributed by atoms with Crippen LogP contribution in [0.2, 0.25) is 0 Å². The van der Waals surface area contributed by atoms with Crippen LogP contribution in [0, 0.1) is 0 Å². The number of hydrogen-bond acceptors (Lipinski definition) is 3. The van der Waals surface area contributed by atoms with E-state index in [4.69, 9.17) is 0 Å². The number of nitrogens with one attached hydrogen (secondary N) is 2. The van der Waals surface area contributed by atoms with E-state index >= 15 is 0 Å². The smallest absolute Gasteiger partial charge is 0.251 e. The Bertz CT molecular complexity index is 698. The molecule has 2 N–H and O–H groups in total. The molecule has 22 heavy (non-hydrogen) atoms. The van der Waals surface area contributed by atoms with Crippen molar-refractivity contribution in [3.8, 4) is 0 Å². The maximum absolute atomic E-state index is 12.2. The van der Waals surface area contributed by atoms with Gasteiger partial charge in [0.2, 0.25) is 5.91 Å². The van der Waals surface area contributed by atoms with Crippen molar-refractivity contribution in [1.29, 1.82) is 0 Å². The number of aryl methyl sites for hydroxylation is 1. The molecule has 1 aromatic carbocycles. The summed E-state index contributed by atoms with van der Waals surface area (Å²) in [5.41, 5.74) is 3.45. The quantitative estimate of drug-likeness (QED) is 0.912. The summed E-state index contributed by atoms with van der Waals surface area (Å²) in [6, 6.07) is 9.15. The number of benzene rings is 1. The van der Waals surface area contributed by atoms with Gasteiger partial charge in [-0.3, -0.25) is 14.6 Å². The minimum Gasteiger partial charge on any atom is -0.348 e. The third-order valence-corrected chi connectivity index (χ3v) is 3.69. The van der Waals surface area contributed by atoms with Gasteiger partial charge in [0.15, 0.2) is 0 Å². The van der Waals surface area contributed by atoms with E-state index in [9.17, 15) is 9.59 Å². The van der Waals surface area contributed by atoms with Gasteiger partial charge in [-0.2, -0.15) is 0 Å². The molecule has 2 heterocycles. The molecule has 0 atom stereocenters. The summed E-state index contributed by atoms with van der Waals surface area (Å²) in [4.78, 5) is 27.7. The van der Waals surface area contributed by atoms with Gasteiger partial charge in [-0.1, -0.05) is 0 Å². The Balaban J connectivity index is 1.71. The molecule has 0 spiro atoms. The summed E-state index contributed by atoms with van der Waals surface area (Å²) in [6.45, 7) is 0.467. The van der Waals surface area contributed by atoms with Gasteiger partial charge >= 0.3 is 0 Å². The number of anilines is 1. The second-order valence-corrected chi connectivity index (χ2v) is 5.31. The molecule has 5 nitrogen and oxygen atoms in total. The molecule has 0 unspecified atom stereocenters. The SMILES string of the molecule is O=C1CCCc2cc(C(=O)NCc3ccncc3)ccc2N1. The molecule has 0 radical (unpaired) electrons. The number of pyridine rings is 1. The molecule has 0 aliphatic carbocycles. The number of nitrogens with zero attached hydrogens (tertiary/aromatic N) is 1. The predicted octanol–water partition coefficient (Wildman–Crippen LogP) is 2.29. The number of carbonyl (C=O) groups is 2. The molecule has 2 aromatic rings. The number of hydrogen-bond donors (Lipinski definition) is 2. The van der Waals surface area contributed by atoms with Gasteiger partial charge in [-0.05, 0) is 54.3 Å². The van der Waals surface area contributed by atoms with Crippen LogP contribution in [0.15, 0.2) is 42.7 Å². The summed E-state index contributed by atoms with van der Waals surface area (Å²) in [5, 5.41) is 5.76. The number of amides is 2. The molecule has 0 saturated heterocycles. The average molecular weight is 295 g/mol. The van der Waals surface area contributed by atoms with Crippen molar-refractivity contribution in [1.82, 2.24) is 10.3 Å². The van der Waals surface area contributed by atoms with E-state index in [2.05, 4.69) is 15.6 Å². The third kappa shape index (κ3) is 3.31. The van der Waals surface area contributed by atoms with Gasteiger partial charge < -0.3 is 10.6 Å². The largest absolute Gasteiger partial charge is 0.348 e. The van der Waals surface area contributed by atoms with E-state index in [0.29, 0.717) is 18.5 Å². The first-order valence-electron chi connectivity index (χ1n) is 7.32. The minimum atomic E-state index is -0.116. The summed E-state index contributed by atoms with van der Waals surface area (Å²) >= 11 is 0. The van der Waals surface area contributed by atoms with E-state index in [0.717, 1.165) is 29.7 Å². The van der Waals surface area contributed by atoms with E-state index in [1.165, 1.54) is 0 Å². The summed E-state index contributed by atoms with van der Waals surface area (Å²) in [7, 11) is 0. The summed E-state index contributed by atoms with van der Waals surface area (Å²) < 4.78 is 0. The Kier molecular flexibility index (Phi) is 4.14. The van der Waals surface area contributed by atoms with Crippen LogP contribution in [-0.2, 0) is 17.8 Å². The zero-order chi connectivity index (χ0) is 15.4. The van der Waals surface area contributed by atoms with Crippen molar-refractivity contribution in [2.45, 2.75) is 25.8 Å². The number of fused-ring (bicyclic) bond motifs is 1. The van der Waals surface area contributed by atoms with Gasteiger partial charge in [0, 0.05) is 36.6 Å². The normalized spacial score (nSPS) is 13.7. The van der Waals surface area contributed by atoms with Crippen LogP contribution in [0.4, 0.5) is 5.69 Å². The topological polar surface area (TPSA) is 71.1 Å². The van der Waals surface area contributed by atoms with E-state index in [1.54, 1.807) is 24.5 Å². The standard InChI is InChI=1S/C17H17N3O2/c21-16-3-1-2-13-10-14(4-5-15(13)20-16)17(22)19-11-12-6-8-18-9-7-12/h4-10H,1-3,11H2,(H,19,22)(H,20,21). The lowest BCUT2D eigenvalue weighted by Gasteiger charge is -2.10. The van der Waals surface area contributed by atoms with Crippen molar-refractivity contribution >= 4 is 17.5 Å². The number of carbonyl (C=O) groups excluding carboxylic acids is 2. The van der Waals surface area contributed by atoms with Crippen molar-refractivity contribution in [3.63, 3.8) is 0 Å². The van der Waals surface area contributed by atoms with Gasteiger partial charge in [0.1, 0.15) is 0 Å². The highest BCUT2D eigenvalue weighted by Crippen LogP contribution is 2.23. The molecule has 3 rings (SSSR count). The van der Waals surface area contributed by atoms with Crippen LogP contribution in [-0.4, -0.2) is 16.8 Å². The van der Waals surface area contributed by atoms with Crippen LogP contribution >= 0.6 is 0 Å². The first kappa shape index (κ1) is 14.3. The van der Waals surface area contributed by atoms with E-state index < -0.39 is 0 Å². The van der Waals surface area contributed by atoms with Gasteiger partial charge in [0.05, 0.1) is 0 Å². The van der Waals surface area contributed by atoms with E-state index in [-0.39, 0.29) is 11.8 Å². The Morgan fingerprint density at radius 3 is 2.82 bits per heavy atom.